The molecular formula is C9H14N4O. The van der Waals surface area contributed by atoms with Crippen LogP contribution in [0.25, 0.3) is 0 Å². The minimum absolute atomic E-state index is 0.270. The summed E-state index contributed by atoms with van der Waals surface area (Å²) >= 11 is 0. The van der Waals surface area contributed by atoms with Gasteiger partial charge in [0.2, 0.25) is 0 Å². The predicted octanol–water partition coefficient (Wildman–Crippen LogP) is -0.183. The van der Waals surface area contributed by atoms with Gasteiger partial charge in [-0.3, -0.25) is 0 Å². The van der Waals surface area contributed by atoms with Crippen LogP contribution in [0, 0.1) is 0 Å². The summed E-state index contributed by atoms with van der Waals surface area (Å²) in [6.07, 6.45) is 2.08. The number of pyridine rings is 1. The largest absolute Gasteiger partial charge is 0.397 e. The first-order valence-electron chi connectivity index (χ1n) is 4.61. The number of rotatable bonds is 1. The van der Waals surface area contributed by atoms with Crippen LogP contribution >= 0.6 is 0 Å². The maximum Gasteiger partial charge on any atom is 0.152 e. The van der Waals surface area contributed by atoms with E-state index >= 15 is 0 Å². The summed E-state index contributed by atoms with van der Waals surface area (Å²) in [4.78, 5) is 6.13. The van der Waals surface area contributed by atoms with Crippen LogP contribution in [0.5, 0.6) is 0 Å². The molecule has 2 rings (SSSR count). The molecule has 5 heteroatoms. The summed E-state index contributed by atoms with van der Waals surface area (Å²) in [5.41, 5.74) is 12.5. The van der Waals surface area contributed by atoms with Crippen molar-refractivity contribution in [3.63, 3.8) is 0 Å². The van der Waals surface area contributed by atoms with Gasteiger partial charge in [0.05, 0.1) is 23.7 Å². The maximum atomic E-state index is 9.37. The SMILES string of the molecule is Nc1cnc(N2CCC(O)C2)c(N)c1. The van der Waals surface area contributed by atoms with Crippen molar-refractivity contribution in [2.75, 3.05) is 29.5 Å². The van der Waals surface area contributed by atoms with Crippen molar-refractivity contribution in [2.24, 2.45) is 0 Å². The lowest BCUT2D eigenvalue weighted by Crippen LogP contribution is -2.23. The van der Waals surface area contributed by atoms with E-state index in [-0.39, 0.29) is 6.10 Å². The molecule has 0 bridgehead atoms. The predicted molar refractivity (Wildman–Crippen MR) is 55.9 cm³/mol. The smallest absolute Gasteiger partial charge is 0.152 e. The molecule has 0 aliphatic carbocycles. The van der Waals surface area contributed by atoms with E-state index < -0.39 is 0 Å². The highest BCUT2D eigenvalue weighted by atomic mass is 16.3. The summed E-state index contributed by atoms with van der Waals surface area (Å²) in [6.45, 7) is 1.39. The molecule has 0 spiro atoms. The van der Waals surface area contributed by atoms with E-state index in [0.29, 0.717) is 17.9 Å². The van der Waals surface area contributed by atoms with Gasteiger partial charge in [0.25, 0.3) is 0 Å². The van der Waals surface area contributed by atoms with Crippen LogP contribution in [-0.2, 0) is 0 Å². The first-order chi connectivity index (χ1) is 6.66. The van der Waals surface area contributed by atoms with Gasteiger partial charge in [-0.1, -0.05) is 0 Å². The van der Waals surface area contributed by atoms with Crippen molar-refractivity contribution in [3.8, 4) is 0 Å². The van der Waals surface area contributed by atoms with Crippen LogP contribution in [0.3, 0.4) is 0 Å². The van der Waals surface area contributed by atoms with E-state index in [9.17, 15) is 5.11 Å². The molecular weight excluding hydrogens is 180 g/mol. The minimum Gasteiger partial charge on any atom is -0.397 e. The first-order valence-corrected chi connectivity index (χ1v) is 4.61. The molecule has 1 aromatic rings. The second-order valence-corrected chi connectivity index (χ2v) is 3.57. The lowest BCUT2D eigenvalue weighted by Gasteiger charge is -2.18. The third kappa shape index (κ3) is 1.58. The summed E-state index contributed by atoms with van der Waals surface area (Å²) in [5, 5.41) is 9.37. The number of hydrogen-bond donors (Lipinski definition) is 3. The van der Waals surface area contributed by atoms with Gasteiger partial charge >= 0.3 is 0 Å². The standard InChI is InChI=1S/C9H14N4O/c10-6-3-8(11)9(12-4-6)13-2-1-7(14)5-13/h3-4,7,14H,1-2,5,10-11H2. The molecule has 1 aliphatic rings. The number of anilines is 3. The Morgan fingerprint density at radius 2 is 2.29 bits per heavy atom. The van der Waals surface area contributed by atoms with Crippen molar-refractivity contribution in [1.29, 1.82) is 0 Å². The number of nitrogens with two attached hydrogens (primary N) is 2. The average Bonchev–Trinajstić information content (AvgIpc) is 2.51. The Morgan fingerprint density at radius 3 is 2.86 bits per heavy atom. The number of β-amino-alcohol motifs (C(OH)–C–C–N with tert-alkyl or cyclic N) is 1. The number of nitrogen functional groups attached to an aromatic ring is 2. The van der Waals surface area contributed by atoms with Crippen LogP contribution in [-0.4, -0.2) is 29.3 Å². The van der Waals surface area contributed by atoms with Crippen molar-refractivity contribution >= 4 is 17.2 Å². The molecule has 0 saturated carbocycles. The fourth-order valence-corrected chi connectivity index (χ4v) is 1.69. The molecule has 1 aliphatic heterocycles. The van der Waals surface area contributed by atoms with Crippen LogP contribution < -0.4 is 16.4 Å². The second-order valence-electron chi connectivity index (χ2n) is 3.57. The topological polar surface area (TPSA) is 88.4 Å². The van der Waals surface area contributed by atoms with Gasteiger partial charge in [-0.05, 0) is 12.5 Å². The summed E-state index contributed by atoms with van der Waals surface area (Å²) in [5.74, 6) is 0.718. The maximum absolute atomic E-state index is 9.37. The van der Waals surface area contributed by atoms with E-state index in [0.717, 1.165) is 18.8 Å². The van der Waals surface area contributed by atoms with Gasteiger partial charge in [-0.25, -0.2) is 4.98 Å². The molecule has 2 heterocycles. The third-order valence-electron chi connectivity index (χ3n) is 2.38. The Balaban J connectivity index is 2.24. The fraction of sp³-hybridized carbons (Fsp3) is 0.444. The fourth-order valence-electron chi connectivity index (χ4n) is 1.69. The number of nitrogens with zero attached hydrogens (tertiary/aromatic N) is 2. The highest BCUT2D eigenvalue weighted by molar-refractivity contribution is 5.67. The minimum atomic E-state index is -0.270. The van der Waals surface area contributed by atoms with Gasteiger partial charge in [-0.15, -0.1) is 0 Å². The van der Waals surface area contributed by atoms with Crippen molar-refractivity contribution in [1.82, 2.24) is 4.98 Å². The number of aromatic nitrogens is 1. The Hall–Kier alpha value is -1.49. The number of aliphatic hydroxyl groups is 1. The zero-order chi connectivity index (χ0) is 10.1. The monoisotopic (exact) mass is 194 g/mol. The van der Waals surface area contributed by atoms with Gasteiger partial charge in [0.1, 0.15) is 0 Å². The van der Waals surface area contributed by atoms with Crippen LogP contribution in [0.15, 0.2) is 12.3 Å². The summed E-state index contributed by atoms with van der Waals surface area (Å²) in [7, 11) is 0. The second kappa shape index (κ2) is 3.34. The van der Waals surface area contributed by atoms with Gasteiger partial charge in [0, 0.05) is 13.1 Å². The average molecular weight is 194 g/mol. The molecule has 0 aromatic carbocycles. The lowest BCUT2D eigenvalue weighted by molar-refractivity contribution is 0.198. The lowest BCUT2D eigenvalue weighted by atomic mass is 10.3. The Kier molecular flexibility index (Phi) is 2.17. The molecule has 0 amide bonds. The van der Waals surface area contributed by atoms with Crippen LogP contribution in [0.2, 0.25) is 0 Å². The van der Waals surface area contributed by atoms with E-state index in [1.165, 1.54) is 0 Å². The van der Waals surface area contributed by atoms with Crippen LogP contribution in [0.4, 0.5) is 17.2 Å². The highest BCUT2D eigenvalue weighted by Crippen LogP contribution is 2.25. The van der Waals surface area contributed by atoms with Gasteiger partial charge in [0.15, 0.2) is 5.82 Å². The molecule has 1 saturated heterocycles. The van der Waals surface area contributed by atoms with E-state index in [1.807, 2.05) is 4.90 Å². The number of aliphatic hydroxyl groups excluding tert-OH is 1. The molecule has 1 unspecified atom stereocenters. The molecule has 14 heavy (non-hydrogen) atoms. The first kappa shape index (κ1) is 9.08. The molecule has 1 fully saturated rings. The van der Waals surface area contributed by atoms with Crippen molar-refractivity contribution in [3.05, 3.63) is 12.3 Å². The normalized spacial score (nSPS) is 21.5. The van der Waals surface area contributed by atoms with Crippen LogP contribution in [0.1, 0.15) is 6.42 Å². The quantitative estimate of drug-likeness (QED) is 0.577. The Bertz CT molecular complexity index is 342. The molecule has 5 N–H and O–H groups in total. The van der Waals surface area contributed by atoms with E-state index in [2.05, 4.69) is 4.98 Å². The summed E-state index contributed by atoms with van der Waals surface area (Å²) < 4.78 is 0. The zero-order valence-corrected chi connectivity index (χ0v) is 7.85. The molecule has 76 valence electrons. The molecule has 1 aromatic heterocycles. The molecule has 0 radical (unpaired) electrons. The summed E-state index contributed by atoms with van der Waals surface area (Å²) in [6, 6.07) is 1.69. The molecule has 5 nitrogen and oxygen atoms in total. The Morgan fingerprint density at radius 1 is 1.50 bits per heavy atom. The third-order valence-corrected chi connectivity index (χ3v) is 2.38. The van der Waals surface area contributed by atoms with Crippen molar-refractivity contribution < 1.29 is 5.11 Å². The van der Waals surface area contributed by atoms with Gasteiger partial charge in [-0.2, -0.15) is 0 Å². The zero-order valence-electron chi connectivity index (χ0n) is 7.85. The van der Waals surface area contributed by atoms with Gasteiger partial charge < -0.3 is 21.5 Å². The van der Waals surface area contributed by atoms with E-state index in [1.54, 1.807) is 12.3 Å². The molecule has 1 atom stereocenters. The van der Waals surface area contributed by atoms with E-state index in [4.69, 9.17) is 11.5 Å². The highest BCUT2D eigenvalue weighted by Gasteiger charge is 2.22. The Labute approximate surface area is 82.3 Å². The van der Waals surface area contributed by atoms with Crippen molar-refractivity contribution in [2.45, 2.75) is 12.5 Å². The number of hydrogen-bond acceptors (Lipinski definition) is 5.